The van der Waals surface area contributed by atoms with Gasteiger partial charge in [0.1, 0.15) is 17.1 Å². The van der Waals surface area contributed by atoms with Crippen molar-refractivity contribution in [3.05, 3.63) is 62.1 Å². The van der Waals surface area contributed by atoms with Crippen molar-refractivity contribution in [3.63, 3.8) is 0 Å². The third-order valence-electron chi connectivity index (χ3n) is 3.36. The predicted molar refractivity (Wildman–Crippen MR) is 91.5 cm³/mol. The van der Waals surface area contributed by atoms with Crippen LogP contribution in [0.4, 0.5) is 5.69 Å². The van der Waals surface area contributed by atoms with E-state index in [4.69, 9.17) is 9.47 Å². The van der Waals surface area contributed by atoms with Crippen molar-refractivity contribution < 1.29 is 19.2 Å². The summed E-state index contributed by atoms with van der Waals surface area (Å²) >= 11 is 3.16. The van der Waals surface area contributed by atoms with Crippen LogP contribution in [-0.2, 0) is 6.54 Å². The van der Waals surface area contributed by atoms with E-state index in [1.165, 1.54) is 26.4 Å². The van der Waals surface area contributed by atoms with E-state index in [-0.39, 0.29) is 17.8 Å². The van der Waals surface area contributed by atoms with Crippen molar-refractivity contribution in [1.29, 1.82) is 0 Å². The average molecular weight is 395 g/mol. The third-order valence-corrected chi connectivity index (χ3v) is 3.85. The van der Waals surface area contributed by atoms with Crippen LogP contribution in [0.1, 0.15) is 15.9 Å². The quantitative estimate of drug-likeness (QED) is 0.599. The first-order valence-electron chi connectivity index (χ1n) is 6.90. The van der Waals surface area contributed by atoms with Crippen LogP contribution in [-0.4, -0.2) is 25.1 Å². The van der Waals surface area contributed by atoms with Crippen molar-refractivity contribution in [3.8, 4) is 11.5 Å². The van der Waals surface area contributed by atoms with E-state index in [1.807, 2.05) is 0 Å². The van der Waals surface area contributed by atoms with Gasteiger partial charge in [-0.3, -0.25) is 14.9 Å². The van der Waals surface area contributed by atoms with Crippen LogP contribution in [0.5, 0.6) is 11.5 Å². The van der Waals surface area contributed by atoms with Crippen LogP contribution in [0.25, 0.3) is 0 Å². The van der Waals surface area contributed by atoms with E-state index in [2.05, 4.69) is 21.2 Å². The number of hydrogen-bond donors (Lipinski definition) is 1. The Hall–Kier alpha value is -2.61. The third kappa shape index (κ3) is 3.83. The molecule has 2 aromatic carbocycles. The number of ether oxygens (including phenoxy) is 2. The molecule has 0 heterocycles. The number of carbonyl (C=O) groups excluding carboxylic acids is 1. The Morgan fingerprint density at radius 1 is 1.21 bits per heavy atom. The zero-order chi connectivity index (χ0) is 17.7. The number of benzene rings is 2. The Labute approximate surface area is 146 Å². The number of methoxy groups -OCH3 is 2. The van der Waals surface area contributed by atoms with Gasteiger partial charge < -0.3 is 14.8 Å². The summed E-state index contributed by atoms with van der Waals surface area (Å²) in [6.45, 7) is 0.110. The highest BCUT2D eigenvalue weighted by atomic mass is 79.9. The molecule has 0 saturated carbocycles. The average Bonchev–Trinajstić information content (AvgIpc) is 2.58. The molecular formula is C16H15BrN2O5. The minimum atomic E-state index is -0.594. The molecule has 0 saturated heterocycles. The maximum absolute atomic E-state index is 12.3. The van der Waals surface area contributed by atoms with Gasteiger partial charge in [0.25, 0.3) is 11.6 Å². The molecule has 0 spiro atoms. The highest BCUT2D eigenvalue weighted by Gasteiger charge is 2.21. The SMILES string of the molecule is COc1cccc(OC)c1CNC(=O)c1ccc(Br)cc1[N+](=O)[O-]. The van der Waals surface area contributed by atoms with E-state index in [1.54, 1.807) is 24.3 Å². The number of nitrogens with zero attached hydrogens (tertiary/aromatic N) is 1. The fraction of sp³-hybridized carbons (Fsp3) is 0.188. The van der Waals surface area contributed by atoms with Gasteiger partial charge in [0, 0.05) is 10.5 Å². The first kappa shape index (κ1) is 17.7. The standard InChI is InChI=1S/C16H15BrN2O5/c1-23-14-4-3-5-15(24-2)12(14)9-18-16(20)11-7-6-10(17)8-13(11)19(21)22/h3-8H,9H2,1-2H3,(H,18,20). The summed E-state index contributed by atoms with van der Waals surface area (Å²) in [5.41, 5.74) is 0.363. The van der Waals surface area contributed by atoms with E-state index in [0.717, 1.165) is 0 Å². The lowest BCUT2D eigenvalue weighted by atomic mass is 10.1. The van der Waals surface area contributed by atoms with Gasteiger partial charge in [-0.1, -0.05) is 22.0 Å². The molecule has 7 nitrogen and oxygen atoms in total. The number of nitrogens with one attached hydrogen (secondary N) is 1. The van der Waals surface area contributed by atoms with Gasteiger partial charge in [-0.25, -0.2) is 0 Å². The fourth-order valence-corrected chi connectivity index (χ4v) is 2.56. The molecule has 0 aliphatic rings. The second-order valence-electron chi connectivity index (χ2n) is 4.74. The van der Waals surface area contributed by atoms with Crippen LogP contribution < -0.4 is 14.8 Å². The van der Waals surface area contributed by atoms with Crippen molar-refractivity contribution in [2.45, 2.75) is 6.54 Å². The summed E-state index contributed by atoms with van der Waals surface area (Å²) < 4.78 is 11.0. The van der Waals surface area contributed by atoms with Gasteiger partial charge in [0.2, 0.25) is 0 Å². The molecule has 8 heteroatoms. The van der Waals surface area contributed by atoms with Crippen LogP contribution >= 0.6 is 15.9 Å². The van der Waals surface area contributed by atoms with Crippen molar-refractivity contribution >= 4 is 27.5 Å². The van der Waals surface area contributed by atoms with Gasteiger partial charge in [0.15, 0.2) is 0 Å². The lowest BCUT2D eigenvalue weighted by Crippen LogP contribution is -2.24. The highest BCUT2D eigenvalue weighted by molar-refractivity contribution is 9.10. The smallest absolute Gasteiger partial charge is 0.283 e. The van der Waals surface area contributed by atoms with Gasteiger partial charge in [0.05, 0.1) is 31.3 Å². The zero-order valence-electron chi connectivity index (χ0n) is 13.0. The fourth-order valence-electron chi connectivity index (χ4n) is 2.21. The summed E-state index contributed by atoms with van der Waals surface area (Å²) in [6, 6.07) is 9.52. The number of amides is 1. The molecule has 24 heavy (non-hydrogen) atoms. The molecule has 0 aliphatic heterocycles. The van der Waals surface area contributed by atoms with Gasteiger partial charge >= 0.3 is 0 Å². The first-order valence-corrected chi connectivity index (χ1v) is 7.69. The maximum Gasteiger partial charge on any atom is 0.283 e. The van der Waals surface area contributed by atoms with Gasteiger partial charge in [-0.05, 0) is 24.3 Å². The lowest BCUT2D eigenvalue weighted by molar-refractivity contribution is -0.385. The molecule has 1 N–H and O–H groups in total. The highest BCUT2D eigenvalue weighted by Crippen LogP contribution is 2.28. The van der Waals surface area contributed by atoms with Crippen molar-refractivity contribution in [2.75, 3.05) is 14.2 Å². The van der Waals surface area contributed by atoms with E-state index >= 15 is 0 Å². The Morgan fingerprint density at radius 3 is 2.38 bits per heavy atom. The molecule has 0 aromatic heterocycles. The van der Waals surface area contributed by atoms with Crippen LogP contribution in [0, 0.1) is 10.1 Å². The molecule has 0 unspecified atom stereocenters. The Bertz CT molecular complexity index is 757. The van der Waals surface area contributed by atoms with Crippen LogP contribution in [0.3, 0.4) is 0 Å². The number of nitro benzene ring substituents is 1. The topological polar surface area (TPSA) is 90.7 Å². The predicted octanol–water partition coefficient (Wildman–Crippen LogP) is 3.30. The van der Waals surface area contributed by atoms with E-state index in [0.29, 0.717) is 21.5 Å². The largest absolute Gasteiger partial charge is 0.496 e. The zero-order valence-corrected chi connectivity index (χ0v) is 14.6. The summed E-state index contributed by atoms with van der Waals surface area (Å²) in [6.07, 6.45) is 0. The summed E-state index contributed by atoms with van der Waals surface area (Å²) in [5, 5.41) is 13.8. The molecular weight excluding hydrogens is 380 g/mol. The summed E-state index contributed by atoms with van der Waals surface area (Å²) in [4.78, 5) is 22.9. The van der Waals surface area contributed by atoms with Crippen LogP contribution in [0.2, 0.25) is 0 Å². The molecule has 2 aromatic rings. The number of carbonyl (C=O) groups is 1. The van der Waals surface area contributed by atoms with Gasteiger partial charge in [-0.15, -0.1) is 0 Å². The Balaban J connectivity index is 2.25. The number of hydrogen-bond acceptors (Lipinski definition) is 5. The molecule has 0 aliphatic carbocycles. The van der Waals surface area contributed by atoms with Crippen LogP contribution in [0.15, 0.2) is 40.9 Å². The molecule has 0 fully saturated rings. The number of halogens is 1. The summed E-state index contributed by atoms with van der Waals surface area (Å²) in [7, 11) is 3.03. The summed E-state index contributed by atoms with van der Waals surface area (Å²) in [5.74, 6) is 0.557. The van der Waals surface area contributed by atoms with Crippen molar-refractivity contribution in [1.82, 2.24) is 5.32 Å². The first-order chi connectivity index (χ1) is 11.5. The van der Waals surface area contributed by atoms with E-state index in [9.17, 15) is 14.9 Å². The number of nitro groups is 1. The molecule has 0 radical (unpaired) electrons. The second kappa shape index (κ2) is 7.78. The Kier molecular flexibility index (Phi) is 5.75. The van der Waals surface area contributed by atoms with E-state index < -0.39 is 10.8 Å². The maximum atomic E-state index is 12.3. The number of rotatable bonds is 6. The Morgan fingerprint density at radius 2 is 1.83 bits per heavy atom. The normalized spacial score (nSPS) is 10.1. The molecule has 0 atom stereocenters. The minimum absolute atomic E-state index is 0.0166. The lowest BCUT2D eigenvalue weighted by Gasteiger charge is -2.13. The molecule has 126 valence electrons. The molecule has 0 bridgehead atoms. The second-order valence-corrected chi connectivity index (χ2v) is 5.66. The van der Waals surface area contributed by atoms with Gasteiger partial charge in [-0.2, -0.15) is 0 Å². The molecule has 1 amide bonds. The molecule has 2 rings (SSSR count). The van der Waals surface area contributed by atoms with Crippen molar-refractivity contribution in [2.24, 2.45) is 0 Å². The minimum Gasteiger partial charge on any atom is -0.496 e. The monoisotopic (exact) mass is 394 g/mol.